The molecule has 2 rings (SSSR count). The predicted molar refractivity (Wildman–Crippen MR) is 97.1 cm³/mol. The average molecular weight is 341 g/mol. The van der Waals surface area contributed by atoms with Gasteiger partial charge in [-0.3, -0.25) is 5.32 Å². The van der Waals surface area contributed by atoms with Crippen LogP contribution < -0.4 is 5.32 Å². The number of unbranched alkanes of at least 4 members (excludes halogenated alkanes) is 1. The molecule has 5 nitrogen and oxygen atoms in total. The first-order valence-corrected chi connectivity index (χ1v) is 8.44. The third-order valence-electron chi connectivity index (χ3n) is 3.87. The van der Waals surface area contributed by atoms with Crippen molar-refractivity contribution in [1.29, 1.82) is 0 Å². The summed E-state index contributed by atoms with van der Waals surface area (Å²) < 4.78 is 5.16. The van der Waals surface area contributed by atoms with Crippen LogP contribution in [-0.2, 0) is 17.6 Å². The highest BCUT2D eigenvalue weighted by Gasteiger charge is 2.17. The maximum atomic E-state index is 12.0. The van der Waals surface area contributed by atoms with Gasteiger partial charge in [0.2, 0.25) is 0 Å². The Morgan fingerprint density at radius 1 is 1.04 bits per heavy atom. The van der Waals surface area contributed by atoms with Crippen molar-refractivity contribution in [2.24, 2.45) is 0 Å². The lowest BCUT2D eigenvalue weighted by Gasteiger charge is -2.13. The van der Waals surface area contributed by atoms with Gasteiger partial charge in [0.1, 0.15) is 0 Å². The molecule has 5 heteroatoms. The first kappa shape index (κ1) is 18.5. The van der Waals surface area contributed by atoms with E-state index in [0.717, 1.165) is 24.0 Å². The third-order valence-corrected chi connectivity index (χ3v) is 3.87. The molecule has 1 amide bonds. The Labute approximate surface area is 147 Å². The van der Waals surface area contributed by atoms with E-state index in [1.165, 1.54) is 0 Å². The fraction of sp³-hybridized carbons (Fsp3) is 0.300. The number of carboxylic acids is 1. The first-order chi connectivity index (χ1) is 12.1. The molecule has 0 aromatic heterocycles. The van der Waals surface area contributed by atoms with Crippen LogP contribution in [0.4, 0.5) is 10.5 Å². The molecule has 0 aliphatic rings. The van der Waals surface area contributed by atoms with Gasteiger partial charge >= 0.3 is 12.1 Å². The zero-order chi connectivity index (χ0) is 18.1. The Bertz CT molecular complexity index is 713. The van der Waals surface area contributed by atoms with E-state index in [9.17, 15) is 14.7 Å². The number of hydrogen-bond donors (Lipinski definition) is 2. The van der Waals surface area contributed by atoms with Crippen molar-refractivity contribution in [2.75, 3.05) is 11.9 Å². The van der Waals surface area contributed by atoms with Gasteiger partial charge in [0, 0.05) is 6.42 Å². The van der Waals surface area contributed by atoms with Crippen LogP contribution in [0.5, 0.6) is 0 Å². The summed E-state index contributed by atoms with van der Waals surface area (Å²) in [5.74, 6) is -1.05. The number of hydrogen-bond acceptors (Lipinski definition) is 3. The van der Waals surface area contributed by atoms with Crippen molar-refractivity contribution >= 4 is 17.7 Å². The van der Waals surface area contributed by atoms with E-state index < -0.39 is 12.1 Å². The number of anilines is 1. The molecule has 0 fully saturated rings. The van der Waals surface area contributed by atoms with Crippen LogP contribution in [0.15, 0.2) is 48.5 Å². The highest BCUT2D eigenvalue weighted by atomic mass is 16.5. The van der Waals surface area contributed by atoms with Gasteiger partial charge in [0.05, 0.1) is 17.9 Å². The minimum atomic E-state index is -1.05. The van der Waals surface area contributed by atoms with E-state index in [0.29, 0.717) is 12.8 Å². The van der Waals surface area contributed by atoms with E-state index in [-0.39, 0.29) is 17.9 Å². The lowest BCUT2D eigenvalue weighted by atomic mass is 10.0. The number of aromatic carboxylic acids is 1. The van der Waals surface area contributed by atoms with Crippen molar-refractivity contribution in [2.45, 2.75) is 32.6 Å². The second-order valence-corrected chi connectivity index (χ2v) is 5.74. The Morgan fingerprint density at radius 2 is 1.80 bits per heavy atom. The smallest absolute Gasteiger partial charge is 0.411 e. The number of nitrogens with one attached hydrogen (secondary N) is 1. The fourth-order valence-electron chi connectivity index (χ4n) is 2.58. The first-order valence-electron chi connectivity index (χ1n) is 8.44. The van der Waals surface area contributed by atoms with Crippen molar-refractivity contribution in [3.63, 3.8) is 0 Å². The van der Waals surface area contributed by atoms with Crippen molar-refractivity contribution in [3.8, 4) is 0 Å². The molecule has 0 spiro atoms. The number of carboxylic acid groups (broad SMARTS) is 1. The second-order valence-electron chi connectivity index (χ2n) is 5.74. The fourth-order valence-corrected chi connectivity index (χ4v) is 2.58. The molecule has 0 bridgehead atoms. The summed E-state index contributed by atoms with van der Waals surface area (Å²) in [4.78, 5) is 23.6. The molecule has 0 saturated heterocycles. The van der Waals surface area contributed by atoms with Crippen molar-refractivity contribution in [1.82, 2.24) is 0 Å². The predicted octanol–water partition coefficient (Wildman–Crippen LogP) is 4.52. The van der Waals surface area contributed by atoms with Crippen LogP contribution in [0.2, 0.25) is 0 Å². The van der Waals surface area contributed by atoms with Gasteiger partial charge in [0.25, 0.3) is 0 Å². The Hall–Kier alpha value is -2.82. The number of rotatable bonds is 8. The average Bonchev–Trinajstić information content (AvgIpc) is 2.60. The van der Waals surface area contributed by atoms with Crippen LogP contribution in [0.1, 0.15) is 41.3 Å². The summed E-state index contributed by atoms with van der Waals surface area (Å²) in [5.41, 5.74) is 2.20. The van der Waals surface area contributed by atoms with Gasteiger partial charge in [-0.05, 0) is 30.0 Å². The molecule has 0 radical (unpaired) electrons. The molecule has 0 unspecified atom stereocenters. The van der Waals surface area contributed by atoms with E-state index in [4.69, 9.17) is 4.74 Å². The highest BCUT2D eigenvalue weighted by molar-refractivity contribution is 6.00. The van der Waals surface area contributed by atoms with Crippen molar-refractivity contribution < 1.29 is 19.4 Å². The van der Waals surface area contributed by atoms with Gasteiger partial charge < -0.3 is 9.84 Å². The molecule has 132 valence electrons. The van der Waals surface area contributed by atoms with E-state index in [2.05, 4.69) is 5.32 Å². The van der Waals surface area contributed by atoms with Crippen molar-refractivity contribution in [3.05, 3.63) is 65.2 Å². The molecule has 2 N–H and O–H groups in total. The largest absolute Gasteiger partial charge is 0.478 e. The van der Waals surface area contributed by atoms with Crippen LogP contribution in [0.3, 0.4) is 0 Å². The number of aryl methyl sites for hydroxylation is 1. The number of carbonyl (C=O) groups excluding carboxylic acids is 1. The highest BCUT2D eigenvalue weighted by Crippen LogP contribution is 2.22. The van der Waals surface area contributed by atoms with Gasteiger partial charge in [-0.25, -0.2) is 9.59 Å². The van der Waals surface area contributed by atoms with Crippen LogP contribution in [0, 0.1) is 0 Å². The molecular weight excluding hydrogens is 318 g/mol. The zero-order valence-electron chi connectivity index (χ0n) is 14.3. The Balaban J connectivity index is 1.98. The molecular formula is C20H23NO4. The normalized spacial score (nSPS) is 10.3. The molecule has 2 aromatic carbocycles. The topological polar surface area (TPSA) is 75.6 Å². The van der Waals surface area contributed by atoms with Gasteiger partial charge in [-0.15, -0.1) is 0 Å². The number of ether oxygens (including phenoxy) is 1. The van der Waals surface area contributed by atoms with Gasteiger partial charge in [-0.1, -0.05) is 55.8 Å². The Kier molecular flexibility index (Phi) is 7.01. The SMILES string of the molecule is CCCCc1cccc(NC(=O)OCCc2ccccc2)c1C(=O)O. The van der Waals surface area contributed by atoms with Gasteiger partial charge in [-0.2, -0.15) is 0 Å². The number of amides is 1. The number of carbonyl (C=O) groups is 2. The third kappa shape index (κ3) is 5.64. The summed E-state index contributed by atoms with van der Waals surface area (Å²) in [6.07, 6.45) is 2.49. The van der Waals surface area contributed by atoms with E-state index in [1.54, 1.807) is 18.2 Å². The zero-order valence-corrected chi connectivity index (χ0v) is 14.3. The lowest BCUT2D eigenvalue weighted by molar-refractivity contribution is 0.0697. The molecule has 0 aliphatic carbocycles. The minimum Gasteiger partial charge on any atom is -0.478 e. The second kappa shape index (κ2) is 9.47. The monoisotopic (exact) mass is 341 g/mol. The summed E-state index contributed by atoms with van der Waals surface area (Å²) >= 11 is 0. The standard InChI is InChI=1S/C20H23NO4/c1-2-3-10-16-11-7-12-17(18(16)19(22)23)21-20(24)25-14-13-15-8-5-4-6-9-15/h4-9,11-12H,2-3,10,13-14H2,1H3,(H,21,24)(H,22,23). The number of benzene rings is 2. The molecule has 0 aliphatic heterocycles. The van der Waals surface area contributed by atoms with Crippen LogP contribution >= 0.6 is 0 Å². The summed E-state index contributed by atoms with van der Waals surface area (Å²) in [7, 11) is 0. The molecule has 0 atom stereocenters. The van der Waals surface area contributed by atoms with E-state index >= 15 is 0 Å². The maximum absolute atomic E-state index is 12.0. The summed E-state index contributed by atoms with van der Waals surface area (Å²) in [6, 6.07) is 14.8. The van der Waals surface area contributed by atoms with Crippen LogP contribution in [0.25, 0.3) is 0 Å². The Morgan fingerprint density at radius 3 is 2.48 bits per heavy atom. The minimum absolute atomic E-state index is 0.135. The molecule has 0 heterocycles. The molecule has 2 aromatic rings. The van der Waals surface area contributed by atoms with E-state index in [1.807, 2.05) is 37.3 Å². The molecule has 25 heavy (non-hydrogen) atoms. The lowest BCUT2D eigenvalue weighted by Crippen LogP contribution is -2.18. The molecule has 0 saturated carbocycles. The summed E-state index contributed by atoms with van der Waals surface area (Å²) in [6.45, 7) is 2.28. The van der Waals surface area contributed by atoms with Gasteiger partial charge in [0.15, 0.2) is 0 Å². The quantitative estimate of drug-likeness (QED) is 0.740. The van der Waals surface area contributed by atoms with Crippen LogP contribution in [-0.4, -0.2) is 23.8 Å². The maximum Gasteiger partial charge on any atom is 0.411 e. The summed E-state index contributed by atoms with van der Waals surface area (Å²) in [5, 5.41) is 12.0.